The Morgan fingerprint density at radius 2 is 1.86 bits per heavy atom. The Labute approximate surface area is 136 Å². The summed E-state index contributed by atoms with van der Waals surface area (Å²) < 4.78 is 5.25. The average molecular weight is 318 g/mol. The zero-order valence-electron chi connectivity index (χ0n) is 13.0. The van der Waals surface area contributed by atoms with E-state index in [4.69, 9.17) is 16.3 Å². The van der Waals surface area contributed by atoms with Gasteiger partial charge in [0.1, 0.15) is 0 Å². The lowest BCUT2D eigenvalue weighted by Crippen LogP contribution is -2.30. The predicted molar refractivity (Wildman–Crippen MR) is 90.2 cm³/mol. The van der Waals surface area contributed by atoms with Crippen molar-refractivity contribution in [3.8, 4) is 11.1 Å². The third-order valence-corrected chi connectivity index (χ3v) is 3.50. The number of hydrogen-bond acceptors (Lipinski definition) is 2. The van der Waals surface area contributed by atoms with Gasteiger partial charge in [-0.3, -0.25) is 4.79 Å². The lowest BCUT2D eigenvalue weighted by atomic mass is 9.97. The second kappa shape index (κ2) is 7.43. The minimum absolute atomic E-state index is 0.0748. The van der Waals surface area contributed by atoms with Crippen molar-refractivity contribution in [3.63, 3.8) is 0 Å². The fourth-order valence-corrected chi connectivity index (χ4v) is 2.37. The number of carbonyl (C=O) groups excluding carboxylic acids is 1. The van der Waals surface area contributed by atoms with Crippen LogP contribution >= 0.6 is 11.6 Å². The molecule has 0 radical (unpaired) electrons. The molecule has 2 aromatic carbocycles. The van der Waals surface area contributed by atoms with Crippen LogP contribution in [0, 0.1) is 0 Å². The molecule has 22 heavy (non-hydrogen) atoms. The summed E-state index contributed by atoms with van der Waals surface area (Å²) in [6.07, 6.45) is 0. The molecule has 0 heterocycles. The molecule has 0 aliphatic heterocycles. The summed E-state index contributed by atoms with van der Waals surface area (Å²) in [6, 6.07) is 13.3. The highest BCUT2D eigenvalue weighted by molar-refractivity contribution is 6.30. The van der Waals surface area contributed by atoms with Crippen molar-refractivity contribution in [2.75, 3.05) is 7.11 Å². The molecular formula is C18H20ClNO2. The van der Waals surface area contributed by atoms with E-state index in [1.807, 2.05) is 56.3 Å². The first-order valence-electron chi connectivity index (χ1n) is 7.20. The number of rotatable bonds is 5. The summed E-state index contributed by atoms with van der Waals surface area (Å²) in [4.78, 5) is 12.2. The second-order valence-corrected chi connectivity index (χ2v) is 5.88. The van der Waals surface area contributed by atoms with Crippen LogP contribution in [0.15, 0.2) is 42.5 Å². The summed E-state index contributed by atoms with van der Waals surface area (Å²) in [5, 5.41) is 3.59. The molecule has 3 nitrogen and oxygen atoms in total. The van der Waals surface area contributed by atoms with Crippen molar-refractivity contribution in [2.24, 2.45) is 0 Å². The van der Waals surface area contributed by atoms with Crippen molar-refractivity contribution >= 4 is 17.5 Å². The van der Waals surface area contributed by atoms with E-state index >= 15 is 0 Å². The molecule has 4 heteroatoms. The first-order chi connectivity index (χ1) is 10.5. The highest BCUT2D eigenvalue weighted by atomic mass is 35.5. The number of carbonyl (C=O) groups is 1. The quantitative estimate of drug-likeness (QED) is 0.893. The number of benzene rings is 2. The summed E-state index contributed by atoms with van der Waals surface area (Å²) in [6.45, 7) is 4.37. The van der Waals surface area contributed by atoms with E-state index in [1.165, 1.54) is 0 Å². The highest BCUT2D eigenvalue weighted by Gasteiger charge is 2.12. The van der Waals surface area contributed by atoms with E-state index in [0.29, 0.717) is 17.2 Å². The SMILES string of the molecule is COCc1ccc(C(=O)NC(C)C)cc1-c1ccc(Cl)cc1. The summed E-state index contributed by atoms with van der Waals surface area (Å²) in [5.41, 5.74) is 3.66. The Hall–Kier alpha value is -1.84. The molecule has 0 saturated carbocycles. The lowest BCUT2D eigenvalue weighted by molar-refractivity contribution is 0.0943. The normalized spacial score (nSPS) is 10.8. The summed E-state index contributed by atoms with van der Waals surface area (Å²) in [5.74, 6) is -0.0748. The van der Waals surface area contributed by atoms with Gasteiger partial charge in [-0.1, -0.05) is 29.8 Å². The van der Waals surface area contributed by atoms with Gasteiger partial charge in [-0.15, -0.1) is 0 Å². The molecular weight excluding hydrogens is 298 g/mol. The van der Waals surface area contributed by atoms with Crippen molar-refractivity contribution in [1.82, 2.24) is 5.32 Å². The molecule has 0 aliphatic rings. The van der Waals surface area contributed by atoms with Crippen LogP contribution < -0.4 is 5.32 Å². The van der Waals surface area contributed by atoms with Crippen LogP contribution in [0.4, 0.5) is 0 Å². The third kappa shape index (κ3) is 4.09. The first-order valence-corrected chi connectivity index (χ1v) is 7.57. The van der Waals surface area contributed by atoms with Gasteiger partial charge in [0.2, 0.25) is 0 Å². The predicted octanol–water partition coefficient (Wildman–Crippen LogP) is 4.29. The Bertz CT molecular complexity index is 651. The van der Waals surface area contributed by atoms with Crippen LogP contribution in [-0.4, -0.2) is 19.1 Å². The van der Waals surface area contributed by atoms with E-state index in [1.54, 1.807) is 7.11 Å². The van der Waals surface area contributed by atoms with E-state index in [0.717, 1.165) is 16.7 Å². The van der Waals surface area contributed by atoms with Crippen LogP contribution in [0.5, 0.6) is 0 Å². The number of methoxy groups -OCH3 is 1. The smallest absolute Gasteiger partial charge is 0.251 e. The number of hydrogen-bond donors (Lipinski definition) is 1. The highest BCUT2D eigenvalue weighted by Crippen LogP contribution is 2.27. The largest absolute Gasteiger partial charge is 0.380 e. The molecule has 0 atom stereocenters. The molecule has 1 N–H and O–H groups in total. The standard InChI is InChI=1S/C18H20ClNO2/c1-12(2)20-18(21)14-4-5-15(11-22-3)17(10-14)13-6-8-16(19)9-7-13/h4-10,12H,11H2,1-3H3,(H,20,21). The maximum atomic E-state index is 12.2. The molecule has 0 fully saturated rings. The monoisotopic (exact) mass is 317 g/mol. The second-order valence-electron chi connectivity index (χ2n) is 5.44. The zero-order chi connectivity index (χ0) is 16.1. The van der Waals surface area contributed by atoms with Crippen molar-refractivity contribution in [1.29, 1.82) is 0 Å². The Morgan fingerprint density at radius 3 is 2.45 bits per heavy atom. The molecule has 116 valence electrons. The molecule has 0 aromatic heterocycles. The molecule has 2 aromatic rings. The Balaban J connectivity index is 2.43. The molecule has 0 bridgehead atoms. The van der Waals surface area contributed by atoms with Crippen LogP contribution in [0.2, 0.25) is 5.02 Å². The van der Waals surface area contributed by atoms with Crippen LogP contribution in [-0.2, 0) is 11.3 Å². The number of ether oxygens (including phenoxy) is 1. The van der Waals surface area contributed by atoms with Gasteiger partial charge in [0, 0.05) is 23.7 Å². The van der Waals surface area contributed by atoms with E-state index in [2.05, 4.69) is 5.32 Å². The van der Waals surface area contributed by atoms with E-state index in [-0.39, 0.29) is 11.9 Å². The Morgan fingerprint density at radius 1 is 1.18 bits per heavy atom. The molecule has 0 unspecified atom stereocenters. The number of halogens is 1. The van der Waals surface area contributed by atoms with E-state index in [9.17, 15) is 4.79 Å². The van der Waals surface area contributed by atoms with Crippen LogP contribution in [0.3, 0.4) is 0 Å². The maximum Gasteiger partial charge on any atom is 0.251 e. The van der Waals surface area contributed by atoms with Crippen LogP contribution in [0.25, 0.3) is 11.1 Å². The first kappa shape index (κ1) is 16.5. The molecule has 0 spiro atoms. The third-order valence-electron chi connectivity index (χ3n) is 3.25. The lowest BCUT2D eigenvalue weighted by Gasteiger charge is -2.13. The molecule has 0 saturated heterocycles. The Kier molecular flexibility index (Phi) is 5.58. The van der Waals surface area contributed by atoms with Gasteiger partial charge >= 0.3 is 0 Å². The average Bonchev–Trinajstić information content (AvgIpc) is 2.48. The fourth-order valence-electron chi connectivity index (χ4n) is 2.24. The summed E-state index contributed by atoms with van der Waals surface area (Å²) in [7, 11) is 1.66. The van der Waals surface area contributed by atoms with Crippen LogP contribution in [0.1, 0.15) is 29.8 Å². The minimum Gasteiger partial charge on any atom is -0.380 e. The van der Waals surface area contributed by atoms with Crippen molar-refractivity contribution in [2.45, 2.75) is 26.5 Å². The van der Waals surface area contributed by atoms with E-state index < -0.39 is 0 Å². The summed E-state index contributed by atoms with van der Waals surface area (Å²) >= 11 is 5.95. The number of nitrogens with one attached hydrogen (secondary N) is 1. The van der Waals surface area contributed by atoms with Gasteiger partial charge in [-0.05, 0) is 54.8 Å². The topological polar surface area (TPSA) is 38.3 Å². The molecule has 1 amide bonds. The van der Waals surface area contributed by atoms with Gasteiger partial charge in [0.15, 0.2) is 0 Å². The van der Waals surface area contributed by atoms with Gasteiger partial charge in [0.25, 0.3) is 5.91 Å². The maximum absolute atomic E-state index is 12.2. The number of amides is 1. The van der Waals surface area contributed by atoms with Gasteiger partial charge in [-0.25, -0.2) is 0 Å². The van der Waals surface area contributed by atoms with Gasteiger partial charge in [-0.2, -0.15) is 0 Å². The zero-order valence-corrected chi connectivity index (χ0v) is 13.8. The van der Waals surface area contributed by atoms with Gasteiger partial charge < -0.3 is 10.1 Å². The van der Waals surface area contributed by atoms with Crippen molar-refractivity contribution in [3.05, 3.63) is 58.6 Å². The van der Waals surface area contributed by atoms with Gasteiger partial charge in [0.05, 0.1) is 6.61 Å². The molecule has 0 aliphatic carbocycles. The molecule has 2 rings (SSSR count). The van der Waals surface area contributed by atoms with Crippen molar-refractivity contribution < 1.29 is 9.53 Å². The minimum atomic E-state index is -0.0748. The fraction of sp³-hybridized carbons (Fsp3) is 0.278.